The lowest BCUT2D eigenvalue weighted by molar-refractivity contribution is -0.113. The first-order valence-corrected chi connectivity index (χ1v) is 12.7. The minimum absolute atomic E-state index is 0.0498. The van der Waals surface area contributed by atoms with Crippen molar-refractivity contribution in [2.45, 2.75) is 37.1 Å². The first-order chi connectivity index (χ1) is 15.6. The Morgan fingerprint density at radius 1 is 0.969 bits per heavy atom. The van der Waals surface area contributed by atoms with E-state index in [9.17, 15) is 4.79 Å². The third-order valence-corrected chi connectivity index (χ3v) is 7.06. The summed E-state index contributed by atoms with van der Waals surface area (Å²) in [5.74, 6) is 2.92. The number of rotatable bonds is 9. The number of fused-ring (bicyclic) bond motifs is 1. The molecule has 1 N–H and O–H groups in total. The number of nitrogens with one attached hydrogen (secondary N) is 1. The van der Waals surface area contributed by atoms with Crippen LogP contribution < -0.4 is 5.32 Å². The van der Waals surface area contributed by atoms with Gasteiger partial charge in [0.2, 0.25) is 5.91 Å². The van der Waals surface area contributed by atoms with Crippen molar-refractivity contribution < 1.29 is 4.79 Å². The highest BCUT2D eigenvalue weighted by molar-refractivity contribution is 7.99. The number of carbonyl (C=O) groups is 1. The van der Waals surface area contributed by atoms with Crippen LogP contribution in [0.4, 0.5) is 5.69 Å². The highest BCUT2D eigenvalue weighted by atomic mass is 32.2. The van der Waals surface area contributed by atoms with Crippen LogP contribution in [-0.4, -0.2) is 26.4 Å². The molecule has 0 aliphatic rings. The van der Waals surface area contributed by atoms with E-state index in [1.807, 2.05) is 48.2 Å². The molecule has 0 unspecified atom stereocenters. The van der Waals surface area contributed by atoms with Crippen molar-refractivity contribution in [3.63, 3.8) is 0 Å². The standard InChI is InChI=1S/C25H26N4OS2/c1-3-29-23(16-31-15-19-10-8-18(2)9-11-19)27-28-25(29)32-17-24(30)26-22-13-12-20-6-4-5-7-21(20)14-22/h4-14H,3,15-17H2,1-2H3,(H,26,30). The summed E-state index contributed by atoms with van der Waals surface area (Å²) < 4.78 is 2.09. The fraction of sp³-hybridized carbons (Fsp3) is 0.240. The molecule has 7 heteroatoms. The van der Waals surface area contributed by atoms with Crippen molar-refractivity contribution in [2.24, 2.45) is 0 Å². The van der Waals surface area contributed by atoms with Crippen molar-refractivity contribution in [3.05, 3.63) is 83.7 Å². The molecule has 1 aromatic heterocycles. The number of thioether (sulfide) groups is 2. The third-order valence-electron chi connectivity index (χ3n) is 5.10. The summed E-state index contributed by atoms with van der Waals surface area (Å²) in [7, 11) is 0. The summed E-state index contributed by atoms with van der Waals surface area (Å²) in [6, 6.07) is 22.7. The van der Waals surface area contributed by atoms with Gasteiger partial charge in [-0.05, 0) is 42.3 Å². The average molecular weight is 463 g/mol. The molecule has 5 nitrogen and oxygen atoms in total. The number of hydrogen-bond donors (Lipinski definition) is 1. The zero-order valence-electron chi connectivity index (χ0n) is 18.2. The van der Waals surface area contributed by atoms with E-state index in [0.29, 0.717) is 5.75 Å². The van der Waals surface area contributed by atoms with E-state index < -0.39 is 0 Å². The SMILES string of the molecule is CCn1c(CSCc2ccc(C)cc2)nnc1SCC(=O)Nc1ccc2ccccc2c1. The van der Waals surface area contributed by atoms with Crippen molar-refractivity contribution in [1.29, 1.82) is 0 Å². The van der Waals surface area contributed by atoms with Gasteiger partial charge >= 0.3 is 0 Å². The molecule has 1 amide bonds. The predicted molar refractivity (Wildman–Crippen MR) is 135 cm³/mol. The zero-order chi connectivity index (χ0) is 22.3. The fourth-order valence-electron chi connectivity index (χ4n) is 3.39. The van der Waals surface area contributed by atoms with E-state index in [1.165, 1.54) is 22.9 Å². The Morgan fingerprint density at radius 3 is 2.53 bits per heavy atom. The number of aromatic nitrogens is 3. The molecule has 0 spiro atoms. The summed E-state index contributed by atoms with van der Waals surface area (Å²) in [5.41, 5.74) is 3.39. The largest absolute Gasteiger partial charge is 0.325 e. The smallest absolute Gasteiger partial charge is 0.234 e. The van der Waals surface area contributed by atoms with Gasteiger partial charge in [0.1, 0.15) is 5.82 Å². The molecule has 4 rings (SSSR count). The van der Waals surface area contributed by atoms with Crippen LogP contribution in [0.25, 0.3) is 10.8 Å². The van der Waals surface area contributed by atoms with Crippen LogP contribution in [0.1, 0.15) is 23.9 Å². The molecule has 4 aromatic rings. The number of anilines is 1. The minimum Gasteiger partial charge on any atom is -0.325 e. The van der Waals surface area contributed by atoms with Crippen molar-refractivity contribution in [2.75, 3.05) is 11.1 Å². The van der Waals surface area contributed by atoms with E-state index in [2.05, 4.69) is 64.3 Å². The van der Waals surface area contributed by atoms with Crippen LogP contribution in [0.3, 0.4) is 0 Å². The Labute approximate surface area is 197 Å². The van der Waals surface area contributed by atoms with Crippen LogP contribution in [0, 0.1) is 6.92 Å². The van der Waals surface area contributed by atoms with Crippen LogP contribution in [0.15, 0.2) is 71.9 Å². The summed E-state index contributed by atoms with van der Waals surface area (Å²) in [6.45, 7) is 4.96. The van der Waals surface area contributed by atoms with E-state index in [0.717, 1.165) is 45.5 Å². The third kappa shape index (κ3) is 5.72. The molecule has 1 heterocycles. The highest BCUT2D eigenvalue weighted by Crippen LogP contribution is 2.23. The van der Waals surface area contributed by atoms with Crippen LogP contribution in [0.2, 0.25) is 0 Å². The van der Waals surface area contributed by atoms with Gasteiger partial charge in [-0.1, -0.05) is 71.9 Å². The number of aryl methyl sites for hydroxylation is 1. The van der Waals surface area contributed by atoms with Gasteiger partial charge in [0.05, 0.1) is 11.5 Å². The number of carbonyl (C=O) groups excluding carboxylic acids is 1. The Hall–Kier alpha value is -2.77. The van der Waals surface area contributed by atoms with Gasteiger partial charge in [0, 0.05) is 18.0 Å². The molecule has 0 bridgehead atoms. The molecule has 0 saturated carbocycles. The number of benzene rings is 3. The second-order valence-electron chi connectivity index (χ2n) is 7.52. The Morgan fingerprint density at radius 2 is 1.75 bits per heavy atom. The van der Waals surface area contributed by atoms with Gasteiger partial charge in [-0.15, -0.1) is 22.0 Å². The fourth-order valence-corrected chi connectivity index (χ4v) is 5.14. The molecule has 0 aliphatic heterocycles. The Balaban J connectivity index is 1.31. The number of hydrogen-bond acceptors (Lipinski definition) is 5. The lowest BCUT2D eigenvalue weighted by atomic mass is 10.1. The minimum atomic E-state index is -0.0498. The van der Waals surface area contributed by atoms with Crippen molar-refractivity contribution in [3.8, 4) is 0 Å². The summed E-state index contributed by atoms with van der Waals surface area (Å²) in [4.78, 5) is 12.5. The van der Waals surface area contributed by atoms with Crippen molar-refractivity contribution >= 4 is 45.9 Å². The molecule has 32 heavy (non-hydrogen) atoms. The second kappa shape index (κ2) is 10.7. The summed E-state index contributed by atoms with van der Waals surface area (Å²) in [5, 5.41) is 14.7. The van der Waals surface area contributed by atoms with E-state index in [-0.39, 0.29) is 5.91 Å². The summed E-state index contributed by atoms with van der Waals surface area (Å²) >= 11 is 3.25. The maximum atomic E-state index is 12.5. The lowest BCUT2D eigenvalue weighted by Gasteiger charge is -2.08. The number of amides is 1. The topological polar surface area (TPSA) is 59.8 Å². The molecule has 0 radical (unpaired) electrons. The van der Waals surface area contributed by atoms with Gasteiger partial charge in [-0.25, -0.2) is 0 Å². The highest BCUT2D eigenvalue weighted by Gasteiger charge is 2.13. The molecular formula is C25H26N4OS2. The maximum absolute atomic E-state index is 12.5. The van der Waals surface area contributed by atoms with Gasteiger partial charge in [-0.2, -0.15) is 0 Å². The molecular weight excluding hydrogens is 436 g/mol. The second-order valence-corrected chi connectivity index (χ2v) is 9.45. The lowest BCUT2D eigenvalue weighted by Crippen LogP contribution is -2.14. The summed E-state index contributed by atoms with van der Waals surface area (Å²) in [6.07, 6.45) is 0. The molecule has 164 valence electrons. The van der Waals surface area contributed by atoms with E-state index in [4.69, 9.17) is 0 Å². The first kappa shape index (κ1) is 22.4. The molecule has 0 aliphatic carbocycles. The molecule has 3 aromatic carbocycles. The maximum Gasteiger partial charge on any atom is 0.234 e. The average Bonchev–Trinajstić information content (AvgIpc) is 3.20. The van der Waals surface area contributed by atoms with Crippen molar-refractivity contribution in [1.82, 2.24) is 14.8 Å². The van der Waals surface area contributed by atoms with Gasteiger partial charge < -0.3 is 9.88 Å². The molecule has 0 atom stereocenters. The Bertz CT molecular complexity index is 1200. The molecule has 0 fully saturated rings. The molecule has 0 saturated heterocycles. The van der Waals surface area contributed by atoms with Gasteiger partial charge in [0.15, 0.2) is 5.16 Å². The number of nitrogens with zero attached hydrogens (tertiary/aromatic N) is 3. The van der Waals surface area contributed by atoms with E-state index >= 15 is 0 Å². The first-order valence-electron chi connectivity index (χ1n) is 10.6. The predicted octanol–water partition coefficient (Wildman–Crippen LogP) is 5.92. The van der Waals surface area contributed by atoms with Crippen LogP contribution in [0.5, 0.6) is 0 Å². The van der Waals surface area contributed by atoms with E-state index in [1.54, 1.807) is 0 Å². The van der Waals surface area contributed by atoms with Gasteiger partial charge in [-0.3, -0.25) is 4.79 Å². The Kier molecular flexibility index (Phi) is 7.50. The quantitative estimate of drug-likeness (QED) is 0.313. The van der Waals surface area contributed by atoms with Crippen LogP contribution in [-0.2, 0) is 22.8 Å². The normalized spacial score (nSPS) is 11.1. The zero-order valence-corrected chi connectivity index (χ0v) is 19.9. The monoisotopic (exact) mass is 462 g/mol. The van der Waals surface area contributed by atoms with Crippen LogP contribution >= 0.6 is 23.5 Å². The van der Waals surface area contributed by atoms with Gasteiger partial charge in [0.25, 0.3) is 0 Å².